The molecule has 2 atom stereocenters. The van der Waals surface area contributed by atoms with Gasteiger partial charge in [0.25, 0.3) is 0 Å². The number of carbonyl (C=O) groups excluding carboxylic acids is 1. The van der Waals surface area contributed by atoms with E-state index in [4.69, 9.17) is 0 Å². The van der Waals surface area contributed by atoms with Gasteiger partial charge < -0.3 is 10.6 Å². The standard InChI is InChI=1S/C20H25N3O3S/c1-12(2)19-20-16(10-21-19)9-17(11-22-20)23-18(24)8-14-4-6-15(7-5-14)13(3)27(25)26/h4-7,9,11-13,19,21,27H,8,10H2,1-3H3,(H,23,24)/t13-,19-/m0/s1. The van der Waals surface area contributed by atoms with Crippen LogP contribution in [0.5, 0.6) is 0 Å². The quantitative estimate of drug-likeness (QED) is 0.664. The largest absolute Gasteiger partial charge is 0.324 e. The summed E-state index contributed by atoms with van der Waals surface area (Å²) in [5, 5.41) is 5.82. The number of aromatic nitrogens is 1. The van der Waals surface area contributed by atoms with Crippen molar-refractivity contribution in [1.29, 1.82) is 0 Å². The van der Waals surface area contributed by atoms with Crippen molar-refractivity contribution in [1.82, 2.24) is 10.3 Å². The van der Waals surface area contributed by atoms with Gasteiger partial charge in [-0.3, -0.25) is 9.78 Å². The highest BCUT2D eigenvalue weighted by Crippen LogP contribution is 2.30. The number of hydrogen-bond donors (Lipinski definition) is 3. The monoisotopic (exact) mass is 387 g/mol. The van der Waals surface area contributed by atoms with Crippen molar-refractivity contribution in [3.63, 3.8) is 0 Å². The minimum absolute atomic E-state index is 0.126. The number of amides is 1. The number of thiol groups is 1. The smallest absolute Gasteiger partial charge is 0.228 e. The fraction of sp³-hybridized carbons (Fsp3) is 0.400. The molecule has 0 saturated carbocycles. The molecule has 3 rings (SSSR count). The van der Waals surface area contributed by atoms with Gasteiger partial charge >= 0.3 is 0 Å². The Bertz CT molecular complexity index is 899. The summed E-state index contributed by atoms with van der Waals surface area (Å²) in [4.78, 5) is 16.9. The third-order valence-corrected chi connectivity index (χ3v) is 5.83. The first-order valence-corrected chi connectivity index (χ1v) is 10.3. The van der Waals surface area contributed by atoms with E-state index >= 15 is 0 Å². The van der Waals surface area contributed by atoms with Gasteiger partial charge in [0.2, 0.25) is 5.91 Å². The van der Waals surface area contributed by atoms with E-state index in [1.807, 2.05) is 6.07 Å². The van der Waals surface area contributed by atoms with Gasteiger partial charge in [0.1, 0.15) is 10.7 Å². The number of nitrogens with one attached hydrogen (secondary N) is 2. The van der Waals surface area contributed by atoms with Crippen LogP contribution in [0.25, 0.3) is 0 Å². The average molecular weight is 388 g/mol. The molecule has 144 valence electrons. The summed E-state index contributed by atoms with van der Waals surface area (Å²) < 4.78 is 22.1. The van der Waals surface area contributed by atoms with Crippen LogP contribution in [-0.4, -0.2) is 19.3 Å². The average Bonchev–Trinajstić information content (AvgIpc) is 3.05. The number of hydrogen-bond acceptors (Lipinski definition) is 5. The van der Waals surface area contributed by atoms with Crippen molar-refractivity contribution in [3.8, 4) is 0 Å². The third kappa shape index (κ3) is 4.54. The Kier molecular flexibility index (Phi) is 5.92. The van der Waals surface area contributed by atoms with E-state index in [1.165, 1.54) is 0 Å². The molecule has 2 N–H and O–H groups in total. The van der Waals surface area contributed by atoms with Crippen molar-refractivity contribution < 1.29 is 13.2 Å². The highest BCUT2D eigenvalue weighted by atomic mass is 32.2. The first-order valence-electron chi connectivity index (χ1n) is 9.09. The summed E-state index contributed by atoms with van der Waals surface area (Å²) in [5.41, 5.74) is 4.44. The van der Waals surface area contributed by atoms with Gasteiger partial charge in [-0.25, -0.2) is 8.42 Å². The van der Waals surface area contributed by atoms with Crippen molar-refractivity contribution >= 4 is 22.3 Å². The number of anilines is 1. The molecule has 27 heavy (non-hydrogen) atoms. The van der Waals surface area contributed by atoms with Crippen LogP contribution in [-0.2, 0) is 28.5 Å². The predicted octanol–water partition coefficient (Wildman–Crippen LogP) is 2.74. The Morgan fingerprint density at radius 1 is 1.26 bits per heavy atom. The molecule has 0 unspecified atom stereocenters. The van der Waals surface area contributed by atoms with Crippen LogP contribution < -0.4 is 10.6 Å². The van der Waals surface area contributed by atoms with Gasteiger partial charge in [-0.2, -0.15) is 0 Å². The molecular weight excluding hydrogens is 362 g/mol. The number of carbonyl (C=O) groups is 1. The fourth-order valence-corrected chi connectivity index (χ4v) is 3.72. The molecule has 0 fully saturated rings. The van der Waals surface area contributed by atoms with Crippen LogP contribution in [0.3, 0.4) is 0 Å². The van der Waals surface area contributed by atoms with Crippen LogP contribution in [0.4, 0.5) is 5.69 Å². The predicted molar refractivity (Wildman–Crippen MR) is 106 cm³/mol. The molecule has 1 aromatic heterocycles. The molecule has 2 aromatic rings. The van der Waals surface area contributed by atoms with Crippen molar-refractivity contribution in [2.24, 2.45) is 5.92 Å². The van der Waals surface area contributed by atoms with Gasteiger partial charge in [-0.15, -0.1) is 0 Å². The molecule has 0 aliphatic carbocycles. The number of rotatable bonds is 6. The Morgan fingerprint density at radius 3 is 2.59 bits per heavy atom. The Balaban J connectivity index is 1.63. The summed E-state index contributed by atoms with van der Waals surface area (Å²) >= 11 is 0. The molecular formula is C20H25N3O3S. The second-order valence-corrected chi connectivity index (χ2v) is 8.64. The number of pyridine rings is 1. The van der Waals surface area contributed by atoms with Gasteiger partial charge in [0.05, 0.1) is 35.3 Å². The van der Waals surface area contributed by atoms with Crippen LogP contribution in [0, 0.1) is 5.92 Å². The summed E-state index contributed by atoms with van der Waals surface area (Å²) in [6, 6.07) is 9.34. The zero-order valence-corrected chi connectivity index (χ0v) is 16.6. The molecule has 1 aliphatic rings. The van der Waals surface area contributed by atoms with E-state index in [0.717, 1.165) is 28.9 Å². The normalized spacial score (nSPS) is 17.1. The van der Waals surface area contributed by atoms with Crippen LogP contribution in [0.1, 0.15) is 54.4 Å². The molecule has 0 radical (unpaired) electrons. The lowest BCUT2D eigenvalue weighted by molar-refractivity contribution is -0.115. The van der Waals surface area contributed by atoms with Gasteiger partial charge in [-0.05, 0) is 35.6 Å². The van der Waals surface area contributed by atoms with Crippen molar-refractivity contribution in [2.75, 3.05) is 5.32 Å². The first kappa shape index (κ1) is 19.5. The number of benzene rings is 1. The highest BCUT2D eigenvalue weighted by Gasteiger charge is 2.26. The zero-order valence-electron chi connectivity index (χ0n) is 15.7. The van der Waals surface area contributed by atoms with Crippen LogP contribution in [0.2, 0.25) is 0 Å². The number of nitrogens with zero attached hydrogens (tertiary/aromatic N) is 1. The summed E-state index contributed by atoms with van der Waals surface area (Å²) in [6.45, 7) is 6.72. The van der Waals surface area contributed by atoms with E-state index in [9.17, 15) is 13.2 Å². The van der Waals surface area contributed by atoms with E-state index < -0.39 is 16.0 Å². The summed E-state index contributed by atoms with van der Waals surface area (Å²) in [7, 11) is -2.50. The van der Waals surface area contributed by atoms with Crippen LogP contribution in [0.15, 0.2) is 36.5 Å². The van der Waals surface area contributed by atoms with E-state index in [0.29, 0.717) is 11.6 Å². The minimum atomic E-state index is -2.50. The Morgan fingerprint density at radius 2 is 1.96 bits per heavy atom. The molecule has 0 saturated heterocycles. The number of fused-ring (bicyclic) bond motifs is 1. The Hall–Kier alpha value is -2.25. The summed E-state index contributed by atoms with van der Waals surface area (Å²) in [5.74, 6) is 0.337. The highest BCUT2D eigenvalue weighted by molar-refractivity contribution is 7.72. The van der Waals surface area contributed by atoms with Crippen molar-refractivity contribution in [3.05, 3.63) is 58.9 Å². The lowest BCUT2D eigenvalue weighted by atomic mass is 10.0. The molecule has 1 aromatic carbocycles. The first-order chi connectivity index (χ1) is 12.8. The molecule has 1 amide bonds. The maximum atomic E-state index is 12.3. The molecule has 0 spiro atoms. The van der Waals surface area contributed by atoms with E-state index in [1.54, 1.807) is 37.4 Å². The molecule has 1 aliphatic heterocycles. The van der Waals surface area contributed by atoms with E-state index in [2.05, 4.69) is 29.5 Å². The van der Waals surface area contributed by atoms with E-state index in [-0.39, 0.29) is 18.4 Å². The lowest BCUT2D eigenvalue weighted by Gasteiger charge is -2.15. The molecule has 2 heterocycles. The second kappa shape index (κ2) is 8.19. The fourth-order valence-electron chi connectivity index (χ4n) is 3.31. The maximum absolute atomic E-state index is 12.3. The zero-order chi connectivity index (χ0) is 19.6. The van der Waals surface area contributed by atoms with Gasteiger partial charge in [0.15, 0.2) is 0 Å². The second-order valence-electron chi connectivity index (χ2n) is 7.30. The molecule has 0 bridgehead atoms. The third-order valence-electron chi connectivity index (χ3n) is 4.90. The van der Waals surface area contributed by atoms with Gasteiger partial charge in [-0.1, -0.05) is 38.1 Å². The molecule has 6 nitrogen and oxygen atoms in total. The van der Waals surface area contributed by atoms with Gasteiger partial charge in [0, 0.05) is 6.54 Å². The topological polar surface area (TPSA) is 88.2 Å². The van der Waals surface area contributed by atoms with Crippen molar-refractivity contribution in [2.45, 2.75) is 45.0 Å². The van der Waals surface area contributed by atoms with Crippen LogP contribution >= 0.6 is 0 Å². The molecule has 7 heteroatoms. The maximum Gasteiger partial charge on any atom is 0.228 e. The lowest BCUT2D eigenvalue weighted by Crippen LogP contribution is -2.18. The SMILES string of the molecule is CC(C)[C@@H]1NCc2cc(NC(=O)Cc3ccc([C@H](C)[SH](=O)=O)cc3)cnc21. The summed E-state index contributed by atoms with van der Waals surface area (Å²) in [6.07, 6.45) is 1.93. The Labute approximate surface area is 161 Å². The minimum Gasteiger partial charge on any atom is -0.324 e.